The van der Waals surface area contributed by atoms with Crippen molar-refractivity contribution in [2.75, 3.05) is 13.7 Å². The number of hydrogen-bond donors (Lipinski definition) is 1. The van der Waals surface area contributed by atoms with E-state index in [9.17, 15) is 0 Å². The van der Waals surface area contributed by atoms with E-state index in [4.69, 9.17) is 10.5 Å². The van der Waals surface area contributed by atoms with Gasteiger partial charge in [0.2, 0.25) is 0 Å². The highest BCUT2D eigenvalue weighted by molar-refractivity contribution is 7.05. The maximum Gasteiger partial charge on any atom is 0.146 e. The molecule has 0 aliphatic rings. The molecule has 11 heavy (non-hydrogen) atoms. The Kier molecular flexibility index (Phi) is 2.53. The van der Waals surface area contributed by atoms with Crippen molar-refractivity contribution in [3.8, 4) is 0 Å². The van der Waals surface area contributed by atoms with Crippen LogP contribution in [0.4, 0.5) is 0 Å². The fraction of sp³-hybridized carbons (Fsp3) is 0.667. The summed E-state index contributed by atoms with van der Waals surface area (Å²) in [5.74, 6) is 0. The molecule has 0 aliphatic carbocycles. The quantitative estimate of drug-likeness (QED) is 0.717. The van der Waals surface area contributed by atoms with E-state index >= 15 is 0 Å². The lowest BCUT2D eigenvalue weighted by atomic mass is 10.1. The number of methoxy groups -OCH3 is 1. The highest BCUT2D eigenvalue weighted by atomic mass is 32.1. The average Bonchev–Trinajstić information content (AvgIpc) is 2.55. The number of hydrogen-bond acceptors (Lipinski definition) is 5. The van der Waals surface area contributed by atoms with Crippen LogP contribution in [0.15, 0.2) is 6.33 Å². The van der Waals surface area contributed by atoms with Crippen molar-refractivity contribution in [1.29, 1.82) is 0 Å². The zero-order valence-corrected chi connectivity index (χ0v) is 7.39. The molecule has 4 nitrogen and oxygen atoms in total. The molecular formula is C6H11N3OS. The van der Waals surface area contributed by atoms with E-state index in [2.05, 4.69) is 9.36 Å². The zero-order chi connectivity index (χ0) is 8.32. The molecule has 0 bridgehead atoms. The normalized spacial score (nSPS) is 16.3. The summed E-state index contributed by atoms with van der Waals surface area (Å²) in [5.41, 5.74) is 5.05. The first-order valence-corrected chi connectivity index (χ1v) is 4.02. The molecule has 1 aromatic heterocycles. The van der Waals surface area contributed by atoms with Gasteiger partial charge in [0.1, 0.15) is 16.9 Å². The van der Waals surface area contributed by atoms with Crippen LogP contribution in [0.2, 0.25) is 0 Å². The van der Waals surface area contributed by atoms with Crippen molar-refractivity contribution in [3.63, 3.8) is 0 Å². The van der Waals surface area contributed by atoms with Gasteiger partial charge in [0.05, 0.1) is 0 Å². The summed E-state index contributed by atoms with van der Waals surface area (Å²) in [6.07, 6.45) is 1.51. The van der Waals surface area contributed by atoms with Crippen LogP contribution in [0.1, 0.15) is 11.9 Å². The summed E-state index contributed by atoms with van der Waals surface area (Å²) >= 11 is 1.31. The predicted molar refractivity (Wildman–Crippen MR) is 43.3 cm³/mol. The van der Waals surface area contributed by atoms with Gasteiger partial charge in [-0.05, 0) is 18.5 Å². The summed E-state index contributed by atoms with van der Waals surface area (Å²) in [5, 5.41) is 0.822. The standard InChI is InChI=1S/C6H11N3OS/c1-6(3-7,10-2)5-8-4-9-11-5/h4H,3,7H2,1-2H3. The number of nitrogens with two attached hydrogens (primary N) is 1. The third-order valence-corrected chi connectivity index (χ3v) is 2.56. The molecule has 1 aromatic rings. The fourth-order valence-electron chi connectivity index (χ4n) is 0.664. The molecule has 0 saturated heterocycles. The van der Waals surface area contributed by atoms with Crippen molar-refractivity contribution >= 4 is 11.5 Å². The number of rotatable bonds is 3. The molecule has 1 heterocycles. The molecule has 0 radical (unpaired) electrons. The van der Waals surface area contributed by atoms with E-state index in [1.54, 1.807) is 7.11 Å². The summed E-state index contributed by atoms with van der Waals surface area (Å²) in [6, 6.07) is 0. The molecule has 0 spiro atoms. The summed E-state index contributed by atoms with van der Waals surface area (Å²) in [4.78, 5) is 4.03. The summed E-state index contributed by atoms with van der Waals surface area (Å²) in [6.45, 7) is 2.31. The highest BCUT2D eigenvalue weighted by Gasteiger charge is 2.27. The monoisotopic (exact) mass is 173 g/mol. The van der Waals surface area contributed by atoms with E-state index in [1.165, 1.54) is 17.9 Å². The minimum Gasteiger partial charge on any atom is -0.370 e. The van der Waals surface area contributed by atoms with Gasteiger partial charge in [-0.3, -0.25) is 0 Å². The molecule has 1 unspecified atom stereocenters. The smallest absolute Gasteiger partial charge is 0.146 e. The molecule has 62 valence electrons. The van der Waals surface area contributed by atoms with Gasteiger partial charge >= 0.3 is 0 Å². The first kappa shape index (κ1) is 8.58. The van der Waals surface area contributed by atoms with Crippen LogP contribution in [0.25, 0.3) is 0 Å². The van der Waals surface area contributed by atoms with Gasteiger partial charge in [0.15, 0.2) is 0 Å². The first-order chi connectivity index (χ1) is 5.23. The molecule has 0 saturated carbocycles. The lowest BCUT2D eigenvalue weighted by molar-refractivity contribution is 0.00990. The van der Waals surface area contributed by atoms with Gasteiger partial charge in [-0.15, -0.1) is 0 Å². The van der Waals surface area contributed by atoms with Crippen molar-refractivity contribution in [1.82, 2.24) is 9.36 Å². The number of nitrogens with zero attached hydrogens (tertiary/aromatic N) is 2. The Labute approximate surface area is 69.6 Å². The minimum atomic E-state index is -0.471. The van der Waals surface area contributed by atoms with Gasteiger partial charge < -0.3 is 10.5 Å². The highest BCUT2D eigenvalue weighted by Crippen LogP contribution is 2.23. The molecular weight excluding hydrogens is 162 g/mol. The van der Waals surface area contributed by atoms with Gasteiger partial charge in [-0.25, -0.2) is 4.98 Å². The Morgan fingerprint density at radius 3 is 2.91 bits per heavy atom. The Balaban J connectivity index is 2.87. The van der Waals surface area contributed by atoms with Crippen LogP contribution in [-0.2, 0) is 10.3 Å². The molecule has 0 aromatic carbocycles. The largest absolute Gasteiger partial charge is 0.370 e. The van der Waals surface area contributed by atoms with Crippen LogP contribution >= 0.6 is 11.5 Å². The molecule has 1 rings (SSSR count). The van der Waals surface area contributed by atoms with Gasteiger partial charge in [-0.1, -0.05) is 0 Å². The topological polar surface area (TPSA) is 61.0 Å². The first-order valence-electron chi connectivity index (χ1n) is 3.25. The van der Waals surface area contributed by atoms with Crippen molar-refractivity contribution < 1.29 is 4.74 Å². The van der Waals surface area contributed by atoms with E-state index in [-0.39, 0.29) is 0 Å². The van der Waals surface area contributed by atoms with Gasteiger partial charge in [-0.2, -0.15) is 4.37 Å². The summed E-state index contributed by atoms with van der Waals surface area (Å²) < 4.78 is 9.09. The zero-order valence-electron chi connectivity index (χ0n) is 6.57. The fourth-order valence-corrected chi connectivity index (χ4v) is 1.31. The lowest BCUT2D eigenvalue weighted by Crippen LogP contribution is -2.33. The van der Waals surface area contributed by atoms with Crippen molar-refractivity contribution in [2.45, 2.75) is 12.5 Å². The van der Waals surface area contributed by atoms with Crippen molar-refractivity contribution in [3.05, 3.63) is 11.3 Å². The third-order valence-electron chi connectivity index (χ3n) is 1.65. The summed E-state index contributed by atoms with van der Waals surface area (Å²) in [7, 11) is 1.62. The molecule has 0 fully saturated rings. The molecule has 5 heteroatoms. The van der Waals surface area contributed by atoms with E-state index < -0.39 is 5.60 Å². The Hall–Kier alpha value is -0.520. The lowest BCUT2D eigenvalue weighted by Gasteiger charge is -2.22. The Bertz CT molecular complexity index is 208. The van der Waals surface area contributed by atoms with Crippen LogP contribution < -0.4 is 5.73 Å². The Morgan fingerprint density at radius 2 is 2.55 bits per heavy atom. The van der Waals surface area contributed by atoms with Crippen molar-refractivity contribution in [2.24, 2.45) is 5.73 Å². The minimum absolute atomic E-state index is 0.415. The van der Waals surface area contributed by atoms with Crippen LogP contribution in [0.5, 0.6) is 0 Å². The Morgan fingerprint density at radius 1 is 1.82 bits per heavy atom. The molecule has 1 atom stereocenters. The SMILES string of the molecule is COC(C)(CN)c1ncns1. The predicted octanol–water partition coefficient (Wildman–Crippen LogP) is 0.358. The van der Waals surface area contributed by atoms with Gasteiger partial charge in [0, 0.05) is 13.7 Å². The second kappa shape index (κ2) is 3.25. The van der Waals surface area contributed by atoms with E-state index in [0.29, 0.717) is 6.54 Å². The number of ether oxygens (including phenoxy) is 1. The molecule has 0 aliphatic heterocycles. The van der Waals surface area contributed by atoms with Crippen LogP contribution in [-0.4, -0.2) is 23.0 Å². The van der Waals surface area contributed by atoms with Crippen LogP contribution in [0.3, 0.4) is 0 Å². The average molecular weight is 173 g/mol. The van der Waals surface area contributed by atoms with Gasteiger partial charge in [0.25, 0.3) is 0 Å². The third kappa shape index (κ3) is 1.55. The van der Waals surface area contributed by atoms with Crippen LogP contribution in [0, 0.1) is 0 Å². The second-order valence-corrected chi connectivity index (χ2v) is 3.17. The number of aromatic nitrogens is 2. The second-order valence-electron chi connectivity index (χ2n) is 2.39. The maximum absolute atomic E-state index is 5.52. The maximum atomic E-state index is 5.52. The molecule has 2 N–H and O–H groups in total. The molecule has 0 amide bonds. The van der Waals surface area contributed by atoms with E-state index in [1.807, 2.05) is 6.92 Å². The van der Waals surface area contributed by atoms with E-state index in [0.717, 1.165) is 5.01 Å².